The molecule has 0 aliphatic carbocycles. The third kappa shape index (κ3) is 3.61. The smallest absolute Gasteiger partial charge is 0.335 e. The molecule has 0 unspecified atom stereocenters. The van der Waals surface area contributed by atoms with Crippen molar-refractivity contribution in [3.8, 4) is 0 Å². The van der Waals surface area contributed by atoms with Gasteiger partial charge in [-0.3, -0.25) is 0 Å². The van der Waals surface area contributed by atoms with Crippen LogP contribution in [0.3, 0.4) is 0 Å². The molecule has 20 heavy (non-hydrogen) atoms. The van der Waals surface area contributed by atoms with Crippen molar-refractivity contribution >= 4 is 33.6 Å². The van der Waals surface area contributed by atoms with Gasteiger partial charge in [0.2, 0.25) is 0 Å². The number of urea groups is 1. The van der Waals surface area contributed by atoms with Crippen LogP contribution in [0, 0.1) is 0 Å². The molecule has 2 aromatic rings. The fourth-order valence-electron chi connectivity index (χ4n) is 1.49. The Morgan fingerprint density at radius 3 is 2.70 bits per heavy atom. The topological polar surface area (TPSA) is 91.6 Å². The molecule has 0 aliphatic heterocycles. The van der Waals surface area contributed by atoms with Crippen LogP contribution in [0.25, 0.3) is 0 Å². The molecule has 3 N–H and O–H groups in total. The molecule has 0 spiro atoms. The number of aromatic carboxylic acids is 1. The normalized spacial score (nSPS) is 10.1. The van der Waals surface area contributed by atoms with Crippen molar-refractivity contribution in [2.75, 3.05) is 5.32 Å². The lowest BCUT2D eigenvalue weighted by molar-refractivity contribution is 0.0697. The van der Waals surface area contributed by atoms with Crippen LogP contribution in [-0.2, 0) is 6.54 Å². The Labute approximate surface area is 122 Å². The van der Waals surface area contributed by atoms with E-state index in [4.69, 9.17) is 9.52 Å². The number of halogens is 1. The number of furan rings is 1. The lowest BCUT2D eigenvalue weighted by Gasteiger charge is -2.09. The number of rotatable bonds is 4. The highest BCUT2D eigenvalue weighted by Crippen LogP contribution is 2.23. The third-order valence-corrected chi connectivity index (χ3v) is 3.15. The maximum absolute atomic E-state index is 11.7. The highest BCUT2D eigenvalue weighted by molar-refractivity contribution is 9.10. The van der Waals surface area contributed by atoms with Crippen LogP contribution >= 0.6 is 15.9 Å². The minimum Gasteiger partial charge on any atom is -0.478 e. The molecule has 0 bridgehead atoms. The van der Waals surface area contributed by atoms with Gasteiger partial charge in [0.1, 0.15) is 0 Å². The first-order valence-corrected chi connectivity index (χ1v) is 6.44. The van der Waals surface area contributed by atoms with Crippen LogP contribution in [0.15, 0.2) is 45.7 Å². The molecule has 7 heteroatoms. The van der Waals surface area contributed by atoms with Gasteiger partial charge < -0.3 is 20.2 Å². The zero-order valence-electron chi connectivity index (χ0n) is 10.2. The van der Waals surface area contributed by atoms with Crippen LogP contribution in [0.5, 0.6) is 0 Å². The van der Waals surface area contributed by atoms with E-state index >= 15 is 0 Å². The van der Waals surface area contributed by atoms with E-state index in [0.717, 1.165) is 5.56 Å². The molecule has 0 radical (unpaired) electrons. The monoisotopic (exact) mass is 338 g/mol. The van der Waals surface area contributed by atoms with E-state index < -0.39 is 12.0 Å². The van der Waals surface area contributed by atoms with E-state index in [1.54, 1.807) is 6.07 Å². The Hall–Kier alpha value is -2.28. The van der Waals surface area contributed by atoms with Crippen molar-refractivity contribution in [3.63, 3.8) is 0 Å². The number of carboxylic acid groups (broad SMARTS) is 1. The average molecular weight is 339 g/mol. The van der Waals surface area contributed by atoms with E-state index in [9.17, 15) is 9.59 Å². The Morgan fingerprint density at radius 1 is 1.30 bits per heavy atom. The largest absolute Gasteiger partial charge is 0.478 e. The molecule has 0 saturated heterocycles. The van der Waals surface area contributed by atoms with E-state index in [0.29, 0.717) is 16.7 Å². The number of nitrogens with one attached hydrogen (secondary N) is 2. The maximum atomic E-state index is 11.7. The lowest BCUT2D eigenvalue weighted by Crippen LogP contribution is -2.28. The second-order valence-corrected chi connectivity index (χ2v) is 4.79. The molecule has 0 atom stereocenters. The Morgan fingerprint density at radius 2 is 2.10 bits per heavy atom. The fraction of sp³-hybridized carbons (Fsp3) is 0.0769. The van der Waals surface area contributed by atoms with Crippen molar-refractivity contribution in [1.29, 1.82) is 0 Å². The standard InChI is InChI=1S/C13H11BrN2O4/c14-10-5-9(12(17)18)1-2-11(10)16-13(19)15-6-8-3-4-20-7-8/h1-5,7H,6H2,(H,17,18)(H2,15,16,19). The minimum atomic E-state index is -1.03. The zero-order valence-corrected chi connectivity index (χ0v) is 11.8. The third-order valence-electron chi connectivity index (χ3n) is 2.50. The van der Waals surface area contributed by atoms with Gasteiger partial charge in [-0.2, -0.15) is 0 Å². The number of carbonyl (C=O) groups is 2. The number of benzene rings is 1. The molecular weight excluding hydrogens is 328 g/mol. The molecule has 1 aromatic heterocycles. The fourth-order valence-corrected chi connectivity index (χ4v) is 1.97. The number of anilines is 1. The molecule has 1 heterocycles. The summed E-state index contributed by atoms with van der Waals surface area (Å²) in [6.07, 6.45) is 3.06. The summed E-state index contributed by atoms with van der Waals surface area (Å²) in [4.78, 5) is 22.5. The molecular formula is C13H11BrN2O4. The molecule has 0 saturated carbocycles. The number of amides is 2. The van der Waals surface area contributed by atoms with Gasteiger partial charge in [0.25, 0.3) is 0 Å². The minimum absolute atomic E-state index is 0.140. The number of hydrogen-bond acceptors (Lipinski definition) is 3. The van der Waals surface area contributed by atoms with Gasteiger partial charge in [-0.1, -0.05) is 0 Å². The number of carbonyl (C=O) groups excluding carboxylic acids is 1. The maximum Gasteiger partial charge on any atom is 0.335 e. The van der Waals surface area contributed by atoms with Gasteiger partial charge in [0.05, 0.1) is 23.8 Å². The summed E-state index contributed by atoms with van der Waals surface area (Å²) in [5.74, 6) is -1.03. The first-order chi connectivity index (χ1) is 9.56. The van der Waals surface area contributed by atoms with Gasteiger partial charge in [0.15, 0.2) is 0 Å². The van der Waals surface area contributed by atoms with Gasteiger partial charge in [-0.05, 0) is 40.2 Å². The lowest BCUT2D eigenvalue weighted by atomic mass is 10.2. The highest BCUT2D eigenvalue weighted by atomic mass is 79.9. The predicted octanol–water partition coefficient (Wildman–Crippen LogP) is 3.06. The summed E-state index contributed by atoms with van der Waals surface area (Å²) in [6, 6.07) is 5.71. The van der Waals surface area contributed by atoms with Gasteiger partial charge >= 0.3 is 12.0 Å². The molecule has 0 fully saturated rings. The summed E-state index contributed by atoms with van der Waals surface area (Å²) in [7, 11) is 0. The first kappa shape index (κ1) is 14.1. The van der Waals surface area contributed by atoms with Crippen molar-refractivity contribution < 1.29 is 19.1 Å². The van der Waals surface area contributed by atoms with Crippen LogP contribution < -0.4 is 10.6 Å². The summed E-state index contributed by atoms with van der Waals surface area (Å²) >= 11 is 3.21. The summed E-state index contributed by atoms with van der Waals surface area (Å²) in [5, 5.41) is 14.1. The van der Waals surface area contributed by atoms with Crippen molar-refractivity contribution in [2.45, 2.75) is 6.54 Å². The van der Waals surface area contributed by atoms with Gasteiger partial charge in [-0.15, -0.1) is 0 Å². The van der Waals surface area contributed by atoms with Crippen LogP contribution in [0.1, 0.15) is 15.9 Å². The Kier molecular flexibility index (Phi) is 4.41. The quantitative estimate of drug-likeness (QED) is 0.798. The summed E-state index contributed by atoms with van der Waals surface area (Å²) < 4.78 is 5.38. The molecule has 2 rings (SSSR count). The number of hydrogen-bond donors (Lipinski definition) is 3. The predicted molar refractivity (Wildman–Crippen MR) is 75.7 cm³/mol. The van der Waals surface area contributed by atoms with Crippen molar-refractivity contribution in [3.05, 3.63) is 52.4 Å². The van der Waals surface area contributed by atoms with Gasteiger partial charge in [-0.25, -0.2) is 9.59 Å². The van der Waals surface area contributed by atoms with E-state index in [1.165, 1.54) is 30.7 Å². The van der Waals surface area contributed by atoms with E-state index in [-0.39, 0.29) is 5.56 Å². The van der Waals surface area contributed by atoms with Crippen molar-refractivity contribution in [2.24, 2.45) is 0 Å². The van der Waals surface area contributed by atoms with E-state index in [1.807, 2.05) is 0 Å². The number of carboxylic acids is 1. The zero-order chi connectivity index (χ0) is 14.5. The molecule has 0 aliphatic rings. The molecule has 2 amide bonds. The van der Waals surface area contributed by atoms with Crippen molar-refractivity contribution in [1.82, 2.24) is 5.32 Å². The van der Waals surface area contributed by atoms with Crippen LogP contribution in [0.2, 0.25) is 0 Å². The molecule has 6 nitrogen and oxygen atoms in total. The SMILES string of the molecule is O=C(NCc1ccoc1)Nc1ccc(C(=O)O)cc1Br. The first-order valence-electron chi connectivity index (χ1n) is 5.65. The average Bonchev–Trinajstić information content (AvgIpc) is 2.91. The van der Waals surface area contributed by atoms with Gasteiger partial charge in [0, 0.05) is 16.6 Å². The van der Waals surface area contributed by atoms with Crippen LogP contribution in [-0.4, -0.2) is 17.1 Å². The van der Waals surface area contributed by atoms with Crippen LogP contribution in [0.4, 0.5) is 10.5 Å². The second kappa shape index (κ2) is 6.25. The second-order valence-electron chi connectivity index (χ2n) is 3.94. The highest BCUT2D eigenvalue weighted by Gasteiger charge is 2.09. The molecule has 104 valence electrons. The van der Waals surface area contributed by atoms with E-state index in [2.05, 4.69) is 26.6 Å². The summed E-state index contributed by atoms with van der Waals surface area (Å²) in [6.45, 7) is 0.340. The summed E-state index contributed by atoms with van der Waals surface area (Å²) in [5.41, 5.74) is 1.47. The Balaban J connectivity index is 1.95. The Bertz CT molecular complexity index is 625. The molecule has 1 aromatic carbocycles.